The molecule has 0 unspecified atom stereocenters. The predicted molar refractivity (Wildman–Crippen MR) is 93.0 cm³/mol. The SMILES string of the molecule is O=C(CSc1nc2cc([N+](=O)[O-])ccc2o1)NCc1ccc(O)c(O)c1. The molecule has 26 heavy (non-hydrogen) atoms. The first-order valence-corrected chi connectivity index (χ1v) is 8.36. The maximum absolute atomic E-state index is 11.9. The van der Waals surface area contributed by atoms with E-state index in [0.29, 0.717) is 16.7 Å². The van der Waals surface area contributed by atoms with Crippen LogP contribution >= 0.6 is 11.8 Å². The van der Waals surface area contributed by atoms with Crippen molar-refractivity contribution in [1.29, 1.82) is 0 Å². The summed E-state index contributed by atoms with van der Waals surface area (Å²) in [7, 11) is 0. The Hall–Kier alpha value is -3.27. The zero-order valence-corrected chi connectivity index (χ0v) is 14.0. The fourth-order valence-electron chi connectivity index (χ4n) is 2.13. The molecule has 0 aliphatic rings. The fraction of sp³-hybridized carbons (Fsp3) is 0.125. The second kappa shape index (κ2) is 7.31. The second-order valence-corrected chi connectivity index (χ2v) is 6.20. The third kappa shape index (κ3) is 4.03. The van der Waals surface area contributed by atoms with E-state index in [2.05, 4.69) is 10.3 Å². The van der Waals surface area contributed by atoms with Gasteiger partial charge in [0.25, 0.3) is 10.9 Å². The van der Waals surface area contributed by atoms with E-state index in [9.17, 15) is 25.1 Å². The number of aromatic nitrogens is 1. The largest absolute Gasteiger partial charge is 0.504 e. The monoisotopic (exact) mass is 375 g/mol. The van der Waals surface area contributed by atoms with Gasteiger partial charge in [-0.2, -0.15) is 0 Å². The van der Waals surface area contributed by atoms with Crippen molar-refractivity contribution in [2.24, 2.45) is 0 Å². The van der Waals surface area contributed by atoms with Crippen LogP contribution in [0.5, 0.6) is 11.5 Å². The molecule has 10 heteroatoms. The van der Waals surface area contributed by atoms with Crippen molar-refractivity contribution in [2.75, 3.05) is 5.75 Å². The molecular formula is C16H13N3O6S. The molecule has 0 atom stereocenters. The lowest BCUT2D eigenvalue weighted by Gasteiger charge is -2.05. The lowest BCUT2D eigenvalue weighted by molar-refractivity contribution is -0.384. The van der Waals surface area contributed by atoms with Crippen molar-refractivity contribution in [2.45, 2.75) is 11.8 Å². The van der Waals surface area contributed by atoms with Crippen molar-refractivity contribution in [3.8, 4) is 11.5 Å². The van der Waals surface area contributed by atoms with E-state index < -0.39 is 4.92 Å². The van der Waals surface area contributed by atoms with Crippen molar-refractivity contribution < 1.29 is 24.3 Å². The summed E-state index contributed by atoms with van der Waals surface area (Å²) in [6, 6.07) is 8.36. The summed E-state index contributed by atoms with van der Waals surface area (Å²) in [5, 5.41) is 32.3. The number of nitrogens with zero attached hydrogens (tertiary/aromatic N) is 2. The molecule has 0 radical (unpaired) electrons. The van der Waals surface area contributed by atoms with Crippen LogP contribution in [-0.2, 0) is 11.3 Å². The van der Waals surface area contributed by atoms with Gasteiger partial charge in [0, 0.05) is 18.7 Å². The van der Waals surface area contributed by atoms with Gasteiger partial charge >= 0.3 is 0 Å². The number of amides is 1. The van der Waals surface area contributed by atoms with E-state index in [0.717, 1.165) is 11.8 Å². The summed E-state index contributed by atoms with van der Waals surface area (Å²) in [6.07, 6.45) is 0. The van der Waals surface area contributed by atoms with Crippen LogP contribution in [-0.4, -0.2) is 31.8 Å². The molecule has 0 saturated carbocycles. The third-order valence-corrected chi connectivity index (χ3v) is 4.25. The van der Waals surface area contributed by atoms with Gasteiger partial charge in [0.1, 0.15) is 5.52 Å². The lowest BCUT2D eigenvalue weighted by atomic mass is 10.2. The Morgan fingerprint density at radius 2 is 2.04 bits per heavy atom. The summed E-state index contributed by atoms with van der Waals surface area (Å²) in [4.78, 5) is 26.3. The molecule has 9 nitrogen and oxygen atoms in total. The first-order chi connectivity index (χ1) is 12.4. The van der Waals surface area contributed by atoms with Crippen LogP contribution < -0.4 is 5.32 Å². The van der Waals surface area contributed by atoms with Crippen molar-refractivity contribution in [1.82, 2.24) is 10.3 Å². The lowest BCUT2D eigenvalue weighted by Crippen LogP contribution is -2.24. The Morgan fingerprint density at radius 3 is 2.77 bits per heavy atom. The predicted octanol–water partition coefficient (Wildman–Crippen LogP) is 2.56. The standard InChI is InChI=1S/C16H13N3O6S/c20-12-3-1-9(5-13(12)21)7-17-15(22)8-26-16-18-11-6-10(19(23)24)2-4-14(11)25-16/h1-6,20-21H,7-8H2,(H,17,22). The summed E-state index contributed by atoms with van der Waals surface area (Å²) < 4.78 is 5.43. The first kappa shape index (κ1) is 17.5. The molecule has 0 aliphatic carbocycles. The molecule has 1 heterocycles. The van der Waals surface area contributed by atoms with E-state index in [1.807, 2.05) is 0 Å². The highest BCUT2D eigenvalue weighted by Crippen LogP contribution is 2.27. The van der Waals surface area contributed by atoms with Gasteiger partial charge in [0.2, 0.25) is 5.91 Å². The molecule has 0 aliphatic heterocycles. The van der Waals surface area contributed by atoms with Crippen LogP contribution in [0.25, 0.3) is 11.1 Å². The van der Waals surface area contributed by atoms with Gasteiger partial charge in [-0.05, 0) is 23.8 Å². The van der Waals surface area contributed by atoms with E-state index in [1.165, 1.54) is 30.3 Å². The van der Waals surface area contributed by atoms with Gasteiger partial charge in [-0.1, -0.05) is 17.8 Å². The Bertz CT molecular complexity index is 987. The number of rotatable bonds is 6. The number of phenols is 2. The van der Waals surface area contributed by atoms with Gasteiger partial charge in [-0.15, -0.1) is 0 Å². The van der Waals surface area contributed by atoms with E-state index in [4.69, 9.17) is 4.42 Å². The van der Waals surface area contributed by atoms with Crippen LogP contribution in [0.1, 0.15) is 5.56 Å². The number of nitro groups is 1. The minimum Gasteiger partial charge on any atom is -0.504 e. The molecule has 1 aromatic heterocycles. The minimum absolute atomic E-state index is 0.0407. The summed E-state index contributed by atoms with van der Waals surface area (Å²) in [5.74, 6) is -0.728. The number of nitrogens with one attached hydrogen (secondary N) is 1. The van der Waals surface area contributed by atoms with Crippen LogP contribution in [0.15, 0.2) is 46.0 Å². The van der Waals surface area contributed by atoms with E-state index in [1.54, 1.807) is 6.07 Å². The van der Waals surface area contributed by atoms with E-state index >= 15 is 0 Å². The molecule has 0 bridgehead atoms. The Morgan fingerprint density at radius 1 is 1.23 bits per heavy atom. The number of thioether (sulfide) groups is 1. The van der Waals surface area contributed by atoms with Crippen LogP contribution in [0, 0.1) is 10.1 Å². The first-order valence-electron chi connectivity index (χ1n) is 7.38. The average molecular weight is 375 g/mol. The molecule has 2 aromatic carbocycles. The van der Waals surface area contributed by atoms with Crippen LogP contribution in [0.3, 0.4) is 0 Å². The third-order valence-electron chi connectivity index (χ3n) is 3.42. The smallest absolute Gasteiger partial charge is 0.271 e. The second-order valence-electron chi connectivity index (χ2n) is 5.28. The van der Waals surface area contributed by atoms with Gasteiger partial charge in [-0.25, -0.2) is 4.98 Å². The van der Waals surface area contributed by atoms with Crippen LogP contribution in [0.2, 0.25) is 0 Å². The number of phenolic OH excluding ortho intramolecular Hbond substituents is 2. The quantitative estimate of drug-likeness (QED) is 0.258. The number of aromatic hydroxyl groups is 2. The molecular weight excluding hydrogens is 362 g/mol. The number of non-ortho nitro benzene ring substituents is 1. The van der Waals surface area contributed by atoms with Gasteiger partial charge < -0.3 is 19.9 Å². The molecule has 0 spiro atoms. The highest BCUT2D eigenvalue weighted by Gasteiger charge is 2.13. The van der Waals surface area contributed by atoms with Gasteiger partial charge in [-0.3, -0.25) is 14.9 Å². The minimum atomic E-state index is -0.518. The number of hydrogen-bond donors (Lipinski definition) is 3. The summed E-state index contributed by atoms with van der Waals surface area (Å²) >= 11 is 1.06. The molecule has 0 fully saturated rings. The van der Waals surface area contributed by atoms with Gasteiger partial charge in [0.05, 0.1) is 10.7 Å². The Balaban J connectivity index is 1.56. The van der Waals surface area contributed by atoms with Gasteiger partial charge in [0.15, 0.2) is 17.1 Å². The maximum Gasteiger partial charge on any atom is 0.271 e. The topological polar surface area (TPSA) is 139 Å². The number of carbonyl (C=O) groups excluding carboxylic acids is 1. The number of fused-ring (bicyclic) bond motifs is 1. The van der Waals surface area contributed by atoms with Crippen molar-refractivity contribution >= 4 is 34.5 Å². The molecule has 3 aromatic rings. The highest BCUT2D eigenvalue weighted by molar-refractivity contribution is 7.99. The number of oxazole rings is 1. The molecule has 0 saturated heterocycles. The number of nitro benzene ring substituents is 1. The maximum atomic E-state index is 11.9. The highest BCUT2D eigenvalue weighted by atomic mass is 32.2. The molecule has 1 amide bonds. The normalized spacial score (nSPS) is 10.8. The zero-order chi connectivity index (χ0) is 18.7. The number of carbonyl (C=O) groups is 1. The van der Waals surface area contributed by atoms with Crippen LogP contribution in [0.4, 0.5) is 5.69 Å². The average Bonchev–Trinajstić information content (AvgIpc) is 3.03. The molecule has 134 valence electrons. The Labute approximate surface area is 150 Å². The number of benzene rings is 2. The summed E-state index contributed by atoms with van der Waals surface area (Å²) in [5.41, 5.74) is 1.30. The number of hydrogen-bond acceptors (Lipinski definition) is 8. The molecule has 3 N–H and O–H groups in total. The molecule has 3 rings (SSSR count). The van der Waals surface area contributed by atoms with Crippen molar-refractivity contribution in [3.05, 3.63) is 52.1 Å². The van der Waals surface area contributed by atoms with Crippen molar-refractivity contribution in [3.63, 3.8) is 0 Å². The fourth-order valence-corrected chi connectivity index (χ4v) is 2.80. The Kier molecular flexibility index (Phi) is 4.94. The van der Waals surface area contributed by atoms with E-state index in [-0.39, 0.29) is 40.6 Å². The zero-order valence-electron chi connectivity index (χ0n) is 13.2. The summed E-state index contributed by atoms with van der Waals surface area (Å²) in [6.45, 7) is 0.187.